The molecule has 0 heterocycles. The summed E-state index contributed by atoms with van der Waals surface area (Å²) in [4.78, 5) is 11.2. The van der Waals surface area contributed by atoms with E-state index in [1.165, 1.54) is 0 Å². The molecule has 0 spiro atoms. The lowest BCUT2D eigenvalue weighted by Gasteiger charge is -2.15. The minimum Gasteiger partial charge on any atom is -0.488 e. The van der Waals surface area contributed by atoms with E-state index in [1.54, 1.807) is 18.2 Å². The monoisotopic (exact) mass is 381 g/mol. The summed E-state index contributed by atoms with van der Waals surface area (Å²) >= 11 is 6.19. The van der Waals surface area contributed by atoms with Crippen LogP contribution in [0, 0.1) is 6.92 Å². The maximum Gasteiger partial charge on any atom is 0.335 e. The first-order chi connectivity index (χ1) is 13.0. The molecule has 0 aliphatic rings. The van der Waals surface area contributed by atoms with Gasteiger partial charge in [0.1, 0.15) is 12.4 Å². The second kappa shape index (κ2) is 8.60. The zero-order valence-corrected chi connectivity index (χ0v) is 15.7. The van der Waals surface area contributed by atoms with Crippen molar-refractivity contribution in [1.82, 2.24) is 0 Å². The molecule has 0 unspecified atom stereocenters. The molecule has 5 heteroatoms. The average Bonchev–Trinajstić information content (AvgIpc) is 2.67. The Morgan fingerprint density at radius 3 is 2.48 bits per heavy atom. The molecule has 0 atom stereocenters. The van der Waals surface area contributed by atoms with Gasteiger partial charge in [-0.2, -0.15) is 0 Å². The van der Waals surface area contributed by atoms with Crippen molar-refractivity contribution in [3.05, 3.63) is 94.0 Å². The Bertz CT molecular complexity index is 956. The minimum absolute atomic E-state index is 0.256. The van der Waals surface area contributed by atoms with E-state index in [4.69, 9.17) is 16.3 Å². The SMILES string of the molecule is Cc1ccc(C(=O)O)cc1NCc1ccccc1OCc1ccccc1Cl. The maximum absolute atomic E-state index is 11.2. The second-order valence-corrected chi connectivity index (χ2v) is 6.58. The fraction of sp³-hybridized carbons (Fsp3) is 0.136. The van der Waals surface area contributed by atoms with Gasteiger partial charge < -0.3 is 15.2 Å². The predicted molar refractivity (Wildman–Crippen MR) is 108 cm³/mol. The van der Waals surface area contributed by atoms with E-state index in [-0.39, 0.29) is 5.56 Å². The smallest absolute Gasteiger partial charge is 0.335 e. The van der Waals surface area contributed by atoms with Crippen molar-refractivity contribution in [3.63, 3.8) is 0 Å². The Balaban J connectivity index is 1.72. The maximum atomic E-state index is 11.2. The summed E-state index contributed by atoms with van der Waals surface area (Å²) in [6, 6.07) is 20.4. The molecule has 0 aliphatic heterocycles. The molecule has 0 bridgehead atoms. The predicted octanol–water partition coefficient (Wildman–Crippen LogP) is 5.54. The molecular weight excluding hydrogens is 362 g/mol. The van der Waals surface area contributed by atoms with Crippen LogP contribution < -0.4 is 10.1 Å². The number of rotatable bonds is 7. The fourth-order valence-electron chi connectivity index (χ4n) is 2.70. The Morgan fingerprint density at radius 2 is 1.74 bits per heavy atom. The van der Waals surface area contributed by atoms with Crippen LogP contribution in [0.3, 0.4) is 0 Å². The molecule has 0 aromatic heterocycles. The van der Waals surface area contributed by atoms with Crippen molar-refractivity contribution in [1.29, 1.82) is 0 Å². The summed E-state index contributed by atoms with van der Waals surface area (Å²) < 4.78 is 5.97. The van der Waals surface area contributed by atoms with Gasteiger partial charge in [-0.15, -0.1) is 0 Å². The zero-order valence-electron chi connectivity index (χ0n) is 14.9. The fourth-order valence-corrected chi connectivity index (χ4v) is 2.89. The van der Waals surface area contributed by atoms with Gasteiger partial charge in [-0.25, -0.2) is 4.79 Å². The number of carboxylic acid groups (broad SMARTS) is 1. The third-order valence-electron chi connectivity index (χ3n) is 4.27. The van der Waals surface area contributed by atoms with Crippen LogP contribution in [0.2, 0.25) is 5.02 Å². The minimum atomic E-state index is -0.943. The normalized spacial score (nSPS) is 10.4. The summed E-state index contributed by atoms with van der Waals surface area (Å²) in [6.45, 7) is 2.83. The molecule has 3 aromatic carbocycles. The van der Waals surface area contributed by atoms with Crippen molar-refractivity contribution in [2.24, 2.45) is 0 Å². The van der Waals surface area contributed by atoms with E-state index in [2.05, 4.69) is 5.32 Å². The summed E-state index contributed by atoms with van der Waals surface area (Å²) in [5.74, 6) is -0.182. The quantitative estimate of drug-likeness (QED) is 0.564. The third-order valence-corrected chi connectivity index (χ3v) is 4.64. The van der Waals surface area contributed by atoms with Gasteiger partial charge in [0, 0.05) is 28.4 Å². The second-order valence-electron chi connectivity index (χ2n) is 6.18. The number of aryl methyl sites for hydroxylation is 1. The van der Waals surface area contributed by atoms with Crippen LogP contribution in [0.15, 0.2) is 66.7 Å². The van der Waals surface area contributed by atoms with Crippen molar-refractivity contribution in [2.75, 3.05) is 5.32 Å². The van der Waals surface area contributed by atoms with Gasteiger partial charge >= 0.3 is 5.97 Å². The molecule has 0 radical (unpaired) electrons. The largest absolute Gasteiger partial charge is 0.488 e. The molecule has 0 aliphatic carbocycles. The third kappa shape index (κ3) is 4.80. The number of anilines is 1. The molecule has 2 N–H and O–H groups in total. The van der Waals surface area contributed by atoms with Crippen LogP contribution in [0.25, 0.3) is 0 Å². The van der Waals surface area contributed by atoms with Gasteiger partial charge in [0.05, 0.1) is 5.56 Å². The van der Waals surface area contributed by atoms with E-state index in [9.17, 15) is 9.90 Å². The van der Waals surface area contributed by atoms with Crippen LogP contribution >= 0.6 is 11.6 Å². The van der Waals surface area contributed by atoms with Crippen molar-refractivity contribution >= 4 is 23.3 Å². The number of ether oxygens (including phenoxy) is 1. The van der Waals surface area contributed by atoms with Gasteiger partial charge in [0.2, 0.25) is 0 Å². The topological polar surface area (TPSA) is 58.6 Å². The van der Waals surface area contributed by atoms with E-state index >= 15 is 0 Å². The summed E-state index contributed by atoms with van der Waals surface area (Å²) in [5, 5.41) is 13.2. The number of halogens is 1. The standard InChI is InChI=1S/C22H20ClNO3/c1-15-10-11-16(22(25)26)12-20(15)24-13-17-6-3-5-9-21(17)27-14-18-7-2-4-8-19(18)23/h2-12,24H,13-14H2,1H3,(H,25,26). The molecule has 0 saturated heterocycles. The molecule has 0 saturated carbocycles. The summed E-state index contributed by atoms with van der Waals surface area (Å²) in [5.41, 5.74) is 3.92. The number of aromatic carboxylic acids is 1. The van der Waals surface area contributed by atoms with E-state index in [0.717, 1.165) is 28.1 Å². The summed E-state index contributed by atoms with van der Waals surface area (Å²) in [7, 11) is 0. The lowest BCUT2D eigenvalue weighted by atomic mass is 10.1. The highest BCUT2D eigenvalue weighted by Crippen LogP contribution is 2.24. The lowest BCUT2D eigenvalue weighted by molar-refractivity contribution is 0.0697. The molecule has 3 rings (SSSR count). The highest BCUT2D eigenvalue weighted by Gasteiger charge is 2.08. The van der Waals surface area contributed by atoms with E-state index in [0.29, 0.717) is 18.2 Å². The number of nitrogens with one attached hydrogen (secondary N) is 1. The summed E-state index contributed by atoms with van der Waals surface area (Å²) in [6.07, 6.45) is 0. The van der Waals surface area contributed by atoms with Crippen LogP contribution in [0.5, 0.6) is 5.75 Å². The lowest BCUT2D eigenvalue weighted by Crippen LogP contribution is -2.06. The molecular formula is C22H20ClNO3. The molecule has 0 fully saturated rings. The molecule has 27 heavy (non-hydrogen) atoms. The van der Waals surface area contributed by atoms with Gasteiger partial charge in [0.25, 0.3) is 0 Å². The number of hydrogen-bond donors (Lipinski definition) is 2. The number of carbonyl (C=O) groups is 1. The number of hydrogen-bond acceptors (Lipinski definition) is 3. The van der Waals surface area contributed by atoms with Gasteiger partial charge in [-0.3, -0.25) is 0 Å². The first-order valence-corrected chi connectivity index (χ1v) is 8.94. The van der Waals surface area contributed by atoms with Gasteiger partial charge in [0.15, 0.2) is 0 Å². The number of carboxylic acids is 1. The van der Waals surface area contributed by atoms with Crippen LogP contribution in [-0.4, -0.2) is 11.1 Å². The van der Waals surface area contributed by atoms with Crippen molar-refractivity contribution < 1.29 is 14.6 Å². The van der Waals surface area contributed by atoms with Crippen LogP contribution in [-0.2, 0) is 13.2 Å². The van der Waals surface area contributed by atoms with Gasteiger partial charge in [-0.1, -0.05) is 54.1 Å². The first kappa shape index (κ1) is 18.8. The molecule has 138 valence electrons. The van der Waals surface area contributed by atoms with E-state index < -0.39 is 5.97 Å². The van der Waals surface area contributed by atoms with Gasteiger partial charge in [-0.05, 0) is 36.8 Å². The molecule has 0 amide bonds. The Labute approximate surface area is 163 Å². The average molecular weight is 382 g/mol. The zero-order chi connectivity index (χ0) is 19.2. The van der Waals surface area contributed by atoms with Crippen molar-refractivity contribution in [3.8, 4) is 5.75 Å². The Hall–Kier alpha value is -2.98. The highest BCUT2D eigenvalue weighted by molar-refractivity contribution is 6.31. The Morgan fingerprint density at radius 1 is 1.04 bits per heavy atom. The Kier molecular flexibility index (Phi) is 5.99. The first-order valence-electron chi connectivity index (χ1n) is 8.56. The van der Waals surface area contributed by atoms with Crippen LogP contribution in [0.1, 0.15) is 27.0 Å². The van der Waals surface area contributed by atoms with E-state index in [1.807, 2.05) is 55.5 Å². The molecule has 3 aromatic rings. The number of benzene rings is 3. The number of para-hydroxylation sites is 1. The molecule has 4 nitrogen and oxygen atoms in total. The van der Waals surface area contributed by atoms with Crippen LogP contribution in [0.4, 0.5) is 5.69 Å². The highest BCUT2D eigenvalue weighted by atomic mass is 35.5. The van der Waals surface area contributed by atoms with Crippen molar-refractivity contribution in [2.45, 2.75) is 20.1 Å².